The lowest BCUT2D eigenvalue weighted by molar-refractivity contribution is -0.118. The first-order valence-corrected chi connectivity index (χ1v) is 11.3. The summed E-state index contributed by atoms with van der Waals surface area (Å²) in [5, 5.41) is 35.3. The third-order valence-corrected chi connectivity index (χ3v) is 4.83. The number of hydrogen-bond donors (Lipinski definition) is 5. The SMILES string of the molecule is CC.CC.CN(C=O)CC(O)CO.Cc1c(C)c(N)c(C)c(C(=O)N(C)CC(O)CO)c1C. The molecule has 0 aliphatic carbocycles. The van der Waals surface area contributed by atoms with Crippen molar-refractivity contribution in [1.29, 1.82) is 0 Å². The Morgan fingerprint density at radius 2 is 1.27 bits per heavy atom. The van der Waals surface area contributed by atoms with Crippen molar-refractivity contribution in [2.75, 3.05) is 46.1 Å². The normalized spacial score (nSPS) is 11.3. The van der Waals surface area contributed by atoms with Crippen LogP contribution in [0.5, 0.6) is 0 Å². The molecule has 1 aromatic rings. The Morgan fingerprint density at radius 1 is 0.848 bits per heavy atom. The van der Waals surface area contributed by atoms with Gasteiger partial charge in [0.05, 0.1) is 25.4 Å². The zero-order valence-corrected chi connectivity index (χ0v) is 22.1. The standard InChI is InChI=1S/C15H24N2O3.C5H11NO3.2C2H6/c1-8-9(2)13(11(4)14(16)10(8)3)15(20)17(5)6-12(19)7-18;1-6(4-8)2-5(9)3-7;2*1-2/h12,18-19H,6-7,16H2,1-5H3;4-5,7,9H,2-3H2,1H3;2*1-2H3. The largest absolute Gasteiger partial charge is 0.398 e. The van der Waals surface area contributed by atoms with Gasteiger partial charge in [-0.25, -0.2) is 0 Å². The van der Waals surface area contributed by atoms with Crippen LogP contribution in [0.4, 0.5) is 5.69 Å². The molecule has 1 aromatic carbocycles. The number of benzene rings is 1. The predicted molar refractivity (Wildman–Crippen MR) is 134 cm³/mol. The summed E-state index contributed by atoms with van der Waals surface area (Å²) in [7, 11) is 3.14. The smallest absolute Gasteiger partial charge is 0.254 e. The Hall–Kier alpha value is -2.20. The molecule has 0 fully saturated rings. The molecule has 194 valence electrons. The molecular formula is C24H47N3O6. The van der Waals surface area contributed by atoms with Crippen molar-refractivity contribution in [2.24, 2.45) is 0 Å². The number of likely N-dealkylation sites (N-methyl/N-ethyl adjacent to an activating group) is 2. The fourth-order valence-electron chi connectivity index (χ4n) is 2.77. The molecule has 9 nitrogen and oxygen atoms in total. The maximum absolute atomic E-state index is 12.5. The van der Waals surface area contributed by atoms with E-state index >= 15 is 0 Å². The Labute approximate surface area is 199 Å². The molecule has 0 bridgehead atoms. The van der Waals surface area contributed by atoms with E-state index in [1.54, 1.807) is 7.05 Å². The van der Waals surface area contributed by atoms with Crippen molar-refractivity contribution in [3.05, 3.63) is 27.8 Å². The number of rotatable bonds is 8. The zero-order chi connectivity index (χ0) is 26.9. The summed E-state index contributed by atoms with van der Waals surface area (Å²) < 4.78 is 0. The zero-order valence-electron chi connectivity index (χ0n) is 22.1. The van der Waals surface area contributed by atoms with Crippen molar-refractivity contribution < 1.29 is 30.0 Å². The lowest BCUT2D eigenvalue weighted by Crippen LogP contribution is -2.36. The summed E-state index contributed by atoms with van der Waals surface area (Å²) in [6.45, 7) is 15.2. The third-order valence-electron chi connectivity index (χ3n) is 4.83. The van der Waals surface area contributed by atoms with Gasteiger partial charge in [0.25, 0.3) is 5.91 Å². The van der Waals surface area contributed by atoms with Gasteiger partial charge in [0, 0.05) is 38.4 Å². The predicted octanol–water partition coefficient (Wildman–Crippen LogP) is 1.41. The van der Waals surface area contributed by atoms with Gasteiger partial charge in [0.15, 0.2) is 0 Å². The second-order valence-corrected chi connectivity index (χ2v) is 7.19. The molecule has 0 saturated heterocycles. The van der Waals surface area contributed by atoms with Crippen LogP contribution in [0.1, 0.15) is 60.3 Å². The highest BCUT2D eigenvalue weighted by Gasteiger charge is 2.22. The van der Waals surface area contributed by atoms with Crippen LogP contribution in [0.3, 0.4) is 0 Å². The molecule has 0 aliphatic heterocycles. The number of aliphatic hydroxyl groups is 4. The summed E-state index contributed by atoms with van der Waals surface area (Å²) in [5.41, 5.74) is 10.9. The van der Waals surface area contributed by atoms with Crippen LogP contribution in [-0.4, -0.2) is 95.1 Å². The summed E-state index contributed by atoms with van der Waals surface area (Å²) in [4.78, 5) is 25.1. The number of anilines is 1. The minimum absolute atomic E-state index is 0.0844. The van der Waals surface area contributed by atoms with E-state index in [0.717, 1.165) is 22.3 Å². The minimum Gasteiger partial charge on any atom is -0.398 e. The summed E-state index contributed by atoms with van der Waals surface area (Å²) in [6.07, 6.45) is -1.16. The average molecular weight is 474 g/mol. The summed E-state index contributed by atoms with van der Waals surface area (Å²) >= 11 is 0. The molecule has 2 amide bonds. The first-order valence-electron chi connectivity index (χ1n) is 11.3. The summed E-state index contributed by atoms with van der Waals surface area (Å²) in [5.74, 6) is -0.192. The van der Waals surface area contributed by atoms with Gasteiger partial charge in [-0.15, -0.1) is 0 Å². The Balaban J connectivity index is -0.000000581. The van der Waals surface area contributed by atoms with Crippen LogP contribution >= 0.6 is 0 Å². The van der Waals surface area contributed by atoms with Crippen LogP contribution in [0, 0.1) is 27.7 Å². The number of carbonyl (C=O) groups is 2. The first kappa shape index (κ1) is 35.4. The monoisotopic (exact) mass is 473 g/mol. The van der Waals surface area contributed by atoms with Gasteiger partial charge >= 0.3 is 0 Å². The van der Waals surface area contributed by atoms with Gasteiger partial charge in [0.1, 0.15) is 0 Å². The molecule has 0 aliphatic rings. The van der Waals surface area contributed by atoms with E-state index in [-0.39, 0.29) is 32.2 Å². The van der Waals surface area contributed by atoms with Gasteiger partial charge in [0.2, 0.25) is 6.41 Å². The number of amides is 2. The highest BCUT2D eigenvalue weighted by molar-refractivity contribution is 5.99. The molecule has 0 saturated carbocycles. The summed E-state index contributed by atoms with van der Waals surface area (Å²) in [6, 6.07) is 0. The van der Waals surface area contributed by atoms with E-state index in [1.807, 2.05) is 55.4 Å². The fraction of sp³-hybridized carbons (Fsp3) is 0.667. The lowest BCUT2D eigenvalue weighted by Gasteiger charge is -2.24. The van der Waals surface area contributed by atoms with E-state index in [4.69, 9.17) is 21.1 Å². The molecule has 0 spiro atoms. The number of carbonyl (C=O) groups excluding carboxylic acids is 2. The van der Waals surface area contributed by atoms with E-state index in [1.165, 1.54) is 16.8 Å². The minimum atomic E-state index is -0.937. The van der Waals surface area contributed by atoms with Crippen molar-refractivity contribution >= 4 is 18.0 Å². The number of nitrogen functional groups attached to an aromatic ring is 1. The molecule has 0 heterocycles. The average Bonchev–Trinajstić information content (AvgIpc) is 2.83. The van der Waals surface area contributed by atoms with Crippen LogP contribution in [-0.2, 0) is 4.79 Å². The van der Waals surface area contributed by atoms with Gasteiger partial charge < -0.3 is 36.0 Å². The van der Waals surface area contributed by atoms with Crippen LogP contribution < -0.4 is 5.73 Å². The topological polar surface area (TPSA) is 148 Å². The molecule has 2 unspecified atom stereocenters. The fourth-order valence-corrected chi connectivity index (χ4v) is 2.77. The molecular weight excluding hydrogens is 426 g/mol. The highest BCUT2D eigenvalue weighted by atomic mass is 16.3. The molecule has 0 radical (unpaired) electrons. The quantitative estimate of drug-likeness (QED) is 0.283. The molecule has 6 N–H and O–H groups in total. The van der Waals surface area contributed by atoms with Crippen LogP contribution in [0.2, 0.25) is 0 Å². The van der Waals surface area contributed by atoms with Gasteiger partial charge in [-0.2, -0.15) is 0 Å². The highest BCUT2D eigenvalue weighted by Crippen LogP contribution is 2.29. The van der Waals surface area contributed by atoms with E-state index in [2.05, 4.69) is 0 Å². The Morgan fingerprint density at radius 3 is 1.67 bits per heavy atom. The van der Waals surface area contributed by atoms with Gasteiger partial charge in [-0.1, -0.05) is 27.7 Å². The van der Waals surface area contributed by atoms with Crippen molar-refractivity contribution in [3.8, 4) is 0 Å². The molecule has 1 rings (SSSR count). The maximum Gasteiger partial charge on any atom is 0.254 e. The second kappa shape index (κ2) is 19.3. The van der Waals surface area contributed by atoms with Crippen molar-refractivity contribution in [1.82, 2.24) is 9.80 Å². The van der Waals surface area contributed by atoms with E-state index in [0.29, 0.717) is 17.7 Å². The van der Waals surface area contributed by atoms with Crippen molar-refractivity contribution in [3.63, 3.8) is 0 Å². The molecule has 9 heteroatoms. The number of aliphatic hydroxyl groups excluding tert-OH is 4. The first-order chi connectivity index (χ1) is 15.4. The lowest BCUT2D eigenvalue weighted by atomic mass is 9.91. The third kappa shape index (κ3) is 12.0. The van der Waals surface area contributed by atoms with E-state index in [9.17, 15) is 14.7 Å². The van der Waals surface area contributed by atoms with Crippen LogP contribution in [0.25, 0.3) is 0 Å². The van der Waals surface area contributed by atoms with Crippen LogP contribution in [0.15, 0.2) is 0 Å². The van der Waals surface area contributed by atoms with Gasteiger partial charge in [-0.3, -0.25) is 9.59 Å². The van der Waals surface area contributed by atoms with Gasteiger partial charge in [-0.05, 0) is 49.9 Å². The van der Waals surface area contributed by atoms with E-state index < -0.39 is 12.2 Å². The number of hydrogen-bond acceptors (Lipinski definition) is 7. The number of nitrogens with two attached hydrogens (primary N) is 1. The Kier molecular flexibility index (Phi) is 20.7. The number of nitrogens with zero attached hydrogens (tertiary/aromatic N) is 2. The maximum atomic E-state index is 12.5. The Bertz CT molecular complexity index is 668. The van der Waals surface area contributed by atoms with Crippen molar-refractivity contribution in [2.45, 2.75) is 67.6 Å². The second-order valence-electron chi connectivity index (χ2n) is 7.19. The molecule has 0 aromatic heterocycles. The molecule has 33 heavy (non-hydrogen) atoms. The molecule has 2 atom stereocenters.